The third kappa shape index (κ3) is 2.51. The maximum atomic E-state index is 5.42. The Balaban J connectivity index is 1.69. The van der Waals surface area contributed by atoms with Gasteiger partial charge in [0.25, 0.3) is 0 Å². The maximum absolute atomic E-state index is 5.42. The molecule has 0 fully saturated rings. The number of nitrogens with zero attached hydrogens (tertiary/aromatic N) is 2. The molecule has 3 aromatic rings. The molecule has 0 atom stereocenters. The van der Waals surface area contributed by atoms with Crippen molar-refractivity contribution in [3.8, 4) is 5.75 Å². The molecular formula is C20H22N2O. The van der Waals surface area contributed by atoms with Gasteiger partial charge in [0, 0.05) is 49.7 Å². The highest BCUT2D eigenvalue weighted by Crippen LogP contribution is 2.32. The number of aryl methyl sites for hydroxylation is 1. The van der Waals surface area contributed by atoms with Crippen LogP contribution in [0.2, 0.25) is 0 Å². The number of hydrogen-bond acceptors (Lipinski definition) is 2. The molecule has 0 spiro atoms. The summed E-state index contributed by atoms with van der Waals surface area (Å²) in [4.78, 5) is 2.54. The molecule has 0 bridgehead atoms. The summed E-state index contributed by atoms with van der Waals surface area (Å²) in [5.74, 6) is 0.936. The van der Waals surface area contributed by atoms with Gasteiger partial charge in [0.05, 0.1) is 7.11 Å². The van der Waals surface area contributed by atoms with Crippen molar-refractivity contribution < 1.29 is 4.74 Å². The second kappa shape index (κ2) is 5.74. The van der Waals surface area contributed by atoms with Crippen LogP contribution in [0, 0.1) is 0 Å². The monoisotopic (exact) mass is 306 g/mol. The summed E-state index contributed by atoms with van der Waals surface area (Å²) in [6.45, 7) is 3.14. The van der Waals surface area contributed by atoms with Crippen LogP contribution in [-0.4, -0.2) is 23.1 Å². The molecule has 0 saturated carbocycles. The van der Waals surface area contributed by atoms with E-state index in [1.165, 1.54) is 27.7 Å². The highest BCUT2D eigenvalue weighted by Gasteiger charge is 2.23. The van der Waals surface area contributed by atoms with Crippen molar-refractivity contribution in [1.82, 2.24) is 9.47 Å². The Kier molecular flexibility index (Phi) is 3.58. The SMILES string of the molecule is COc1ccc2c(c1)c1c(n2C)CCN(Cc2ccccc2)C1. The number of aromatic nitrogens is 1. The van der Waals surface area contributed by atoms with Crippen LogP contribution in [0.3, 0.4) is 0 Å². The van der Waals surface area contributed by atoms with Crippen molar-refractivity contribution in [2.75, 3.05) is 13.7 Å². The van der Waals surface area contributed by atoms with Crippen molar-refractivity contribution in [1.29, 1.82) is 0 Å². The Hall–Kier alpha value is -2.26. The summed E-state index contributed by atoms with van der Waals surface area (Å²) in [7, 11) is 3.92. The lowest BCUT2D eigenvalue weighted by molar-refractivity contribution is 0.244. The van der Waals surface area contributed by atoms with Crippen LogP contribution in [0.4, 0.5) is 0 Å². The molecule has 0 N–H and O–H groups in total. The van der Waals surface area contributed by atoms with Gasteiger partial charge in [-0.15, -0.1) is 0 Å². The highest BCUT2D eigenvalue weighted by atomic mass is 16.5. The first-order chi connectivity index (χ1) is 11.3. The Morgan fingerprint density at radius 3 is 2.70 bits per heavy atom. The average Bonchev–Trinajstić information content (AvgIpc) is 2.88. The summed E-state index contributed by atoms with van der Waals surface area (Å²) in [6.07, 6.45) is 1.11. The van der Waals surface area contributed by atoms with Gasteiger partial charge in [-0.3, -0.25) is 4.90 Å². The van der Waals surface area contributed by atoms with Gasteiger partial charge < -0.3 is 9.30 Å². The summed E-state index contributed by atoms with van der Waals surface area (Å²) >= 11 is 0. The van der Waals surface area contributed by atoms with E-state index in [1.54, 1.807) is 7.11 Å². The number of methoxy groups -OCH3 is 1. The van der Waals surface area contributed by atoms with Crippen LogP contribution < -0.4 is 4.74 Å². The molecule has 3 nitrogen and oxygen atoms in total. The predicted octanol–water partition coefficient (Wildman–Crippen LogP) is 3.75. The molecule has 23 heavy (non-hydrogen) atoms. The molecule has 0 saturated heterocycles. The Morgan fingerprint density at radius 2 is 1.91 bits per heavy atom. The molecule has 0 radical (unpaired) electrons. The van der Waals surface area contributed by atoms with E-state index in [0.717, 1.165) is 31.8 Å². The molecule has 1 aliphatic heterocycles. The van der Waals surface area contributed by atoms with E-state index in [9.17, 15) is 0 Å². The van der Waals surface area contributed by atoms with E-state index in [1.807, 2.05) is 0 Å². The Labute approximate surface area is 137 Å². The smallest absolute Gasteiger partial charge is 0.119 e. The fourth-order valence-corrected chi connectivity index (χ4v) is 3.72. The minimum absolute atomic E-state index is 0.936. The van der Waals surface area contributed by atoms with Crippen LogP contribution in [-0.2, 0) is 26.6 Å². The van der Waals surface area contributed by atoms with Gasteiger partial charge in [-0.1, -0.05) is 30.3 Å². The van der Waals surface area contributed by atoms with E-state index in [-0.39, 0.29) is 0 Å². The fraction of sp³-hybridized carbons (Fsp3) is 0.300. The second-order valence-electron chi connectivity index (χ2n) is 6.31. The first-order valence-electron chi connectivity index (χ1n) is 8.16. The third-order valence-corrected chi connectivity index (χ3v) is 4.94. The molecular weight excluding hydrogens is 284 g/mol. The molecule has 0 aliphatic carbocycles. The average molecular weight is 306 g/mol. The van der Waals surface area contributed by atoms with Gasteiger partial charge >= 0.3 is 0 Å². The lowest BCUT2D eigenvalue weighted by atomic mass is 10.0. The molecule has 3 heteroatoms. The molecule has 4 rings (SSSR count). The normalized spacial score (nSPS) is 14.9. The zero-order valence-electron chi connectivity index (χ0n) is 13.7. The predicted molar refractivity (Wildman–Crippen MR) is 93.7 cm³/mol. The molecule has 0 unspecified atom stereocenters. The molecule has 2 heterocycles. The third-order valence-electron chi connectivity index (χ3n) is 4.94. The lowest BCUT2D eigenvalue weighted by Crippen LogP contribution is -2.30. The molecule has 0 amide bonds. The van der Waals surface area contributed by atoms with E-state index in [4.69, 9.17) is 4.74 Å². The van der Waals surface area contributed by atoms with Gasteiger partial charge in [-0.2, -0.15) is 0 Å². The fourth-order valence-electron chi connectivity index (χ4n) is 3.72. The van der Waals surface area contributed by atoms with E-state index < -0.39 is 0 Å². The molecule has 2 aromatic carbocycles. The van der Waals surface area contributed by atoms with Gasteiger partial charge in [0.1, 0.15) is 5.75 Å². The zero-order valence-corrected chi connectivity index (χ0v) is 13.7. The van der Waals surface area contributed by atoms with Gasteiger partial charge in [0.2, 0.25) is 0 Å². The Morgan fingerprint density at radius 1 is 1.09 bits per heavy atom. The standard InChI is InChI=1S/C20H22N2O/c1-21-19-9-8-16(23-2)12-17(19)18-14-22(11-10-20(18)21)13-15-6-4-3-5-7-15/h3-9,12H,10-11,13-14H2,1-2H3. The van der Waals surface area contributed by atoms with E-state index in [2.05, 4.69) is 65.0 Å². The maximum Gasteiger partial charge on any atom is 0.119 e. The summed E-state index contributed by atoms with van der Waals surface area (Å²) in [5.41, 5.74) is 5.62. The van der Waals surface area contributed by atoms with Crippen molar-refractivity contribution in [3.05, 3.63) is 65.4 Å². The van der Waals surface area contributed by atoms with Gasteiger partial charge in [0.15, 0.2) is 0 Å². The molecule has 118 valence electrons. The number of hydrogen-bond donors (Lipinski definition) is 0. The van der Waals surface area contributed by atoms with Gasteiger partial charge in [-0.25, -0.2) is 0 Å². The van der Waals surface area contributed by atoms with Crippen molar-refractivity contribution in [3.63, 3.8) is 0 Å². The van der Waals surface area contributed by atoms with E-state index in [0.29, 0.717) is 0 Å². The first-order valence-corrected chi connectivity index (χ1v) is 8.16. The Bertz CT molecular complexity index is 836. The van der Waals surface area contributed by atoms with Crippen LogP contribution >= 0.6 is 0 Å². The summed E-state index contributed by atoms with van der Waals surface area (Å²) < 4.78 is 7.77. The van der Waals surface area contributed by atoms with Crippen molar-refractivity contribution in [2.45, 2.75) is 19.5 Å². The minimum atomic E-state index is 0.936. The highest BCUT2D eigenvalue weighted by molar-refractivity contribution is 5.87. The number of ether oxygens (including phenoxy) is 1. The van der Waals surface area contributed by atoms with Crippen molar-refractivity contribution in [2.24, 2.45) is 7.05 Å². The van der Waals surface area contributed by atoms with Crippen molar-refractivity contribution >= 4 is 10.9 Å². The van der Waals surface area contributed by atoms with Crippen LogP contribution in [0.25, 0.3) is 10.9 Å². The molecule has 1 aliphatic rings. The lowest BCUT2D eigenvalue weighted by Gasteiger charge is -2.27. The topological polar surface area (TPSA) is 17.4 Å². The quantitative estimate of drug-likeness (QED) is 0.733. The number of benzene rings is 2. The molecule has 1 aromatic heterocycles. The van der Waals surface area contributed by atoms with Crippen LogP contribution in [0.5, 0.6) is 5.75 Å². The summed E-state index contributed by atoms with van der Waals surface area (Å²) in [6, 6.07) is 17.1. The second-order valence-corrected chi connectivity index (χ2v) is 6.31. The number of rotatable bonds is 3. The van der Waals surface area contributed by atoms with Crippen LogP contribution in [0.15, 0.2) is 48.5 Å². The van der Waals surface area contributed by atoms with Crippen LogP contribution in [0.1, 0.15) is 16.8 Å². The largest absolute Gasteiger partial charge is 0.497 e. The minimum Gasteiger partial charge on any atom is -0.497 e. The van der Waals surface area contributed by atoms with E-state index >= 15 is 0 Å². The number of fused-ring (bicyclic) bond motifs is 3. The summed E-state index contributed by atoms with van der Waals surface area (Å²) in [5, 5.41) is 1.33. The first kappa shape index (κ1) is 14.3. The van der Waals surface area contributed by atoms with Gasteiger partial charge in [-0.05, 0) is 29.3 Å². The zero-order chi connectivity index (χ0) is 15.8.